The molecule has 1 aromatic heterocycles. The first-order chi connectivity index (χ1) is 9.32. The van der Waals surface area contributed by atoms with Crippen LogP contribution in [0.2, 0.25) is 0 Å². The van der Waals surface area contributed by atoms with Crippen LogP contribution in [0, 0.1) is 6.92 Å². The minimum Gasteiger partial charge on any atom is -0.388 e. The van der Waals surface area contributed by atoms with Crippen LogP contribution in [0.4, 0.5) is 24.7 Å². The Morgan fingerprint density at radius 2 is 1.85 bits per heavy atom. The van der Waals surface area contributed by atoms with Crippen LogP contribution in [-0.4, -0.2) is 17.2 Å². The Morgan fingerprint density at radius 1 is 1.15 bits per heavy atom. The molecule has 0 bridgehead atoms. The van der Waals surface area contributed by atoms with Crippen molar-refractivity contribution in [2.24, 2.45) is 0 Å². The number of alkyl halides is 3. The molecule has 4 nitrogen and oxygen atoms in total. The van der Waals surface area contributed by atoms with Crippen molar-refractivity contribution in [2.45, 2.75) is 13.1 Å². The maximum atomic E-state index is 12.7. The maximum absolute atomic E-state index is 12.7. The van der Waals surface area contributed by atoms with Gasteiger partial charge in [0.1, 0.15) is 5.82 Å². The quantitative estimate of drug-likeness (QED) is 0.888. The molecule has 2 aromatic rings. The number of rotatable bonds is 2. The van der Waals surface area contributed by atoms with Crippen LogP contribution in [0.5, 0.6) is 0 Å². The molecule has 0 amide bonds. The number of anilines is 2. The summed E-state index contributed by atoms with van der Waals surface area (Å²) >= 11 is 0. The highest BCUT2D eigenvalue weighted by Crippen LogP contribution is 2.35. The Bertz CT molecular complexity index is 638. The third-order valence-electron chi connectivity index (χ3n) is 2.87. The van der Waals surface area contributed by atoms with E-state index in [-0.39, 0.29) is 5.82 Å². The monoisotopic (exact) mass is 282 g/mol. The number of halogens is 3. The van der Waals surface area contributed by atoms with Gasteiger partial charge in [-0.3, -0.25) is 0 Å². The largest absolute Gasteiger partial charge is 0.416 e. The lowest BCUT2D eigenvalue weighted by Crippen LogP contribution is -2.07. The molecule has 0 aliphatic carbocycles. The lowest BCUT2D eigenvalue weighted by Gasteiger charge is -2.14. The molecule has 0 spiro atoms. The predicted octanol–water partition coefficient (Wildman–Crippen LogP) is 3.09. The first kappa shape index (κ1) is 14.1. The van der Waals surface area contributed by atoms with Gasteiger partial charge in [0.25, 0.3) is 0 Å². The minimum absolute atomic E-state index is 0.268. The van der Waals surface area contributed by atoms with Gasteiger partial charge in [0.2, 0.25) is 0 Å². The highest BCUT2D eigenvalue weighted by Gasteiger charge is 2.31. The molecule has 0 aliphatic rings. The van der Waals surface area contributed by atoms with Crippen LogP contribution in [0.25, 0.3) is 11.3 Å². The predicted molar refractivity (Wildman–Crippen MR) is 71.2 cm³/mol. The van der Waals surface area contributed by atoms with Gasteiger partial charge < -0.3 is 11.1 Å². The van der Waals surface area contributed by atoms with Gasteiger partial charge in [-0.15, -0.1) is 10.2 Å². The van der Waals surface area contributed by atoms with Crippen LogP contribution < -0.4 is 11.1 Å². The topological polar surface area (TPSA) is 63.8 Å². The van der Waals surface area contributed by atoms with E-state index in [1.807, 2.05) is 0 Å². The van der Waals surface area contributed by atoms with Crippen molar-refractivity contribution in [2.75, 3.05) is 18.1 Å². The fourth-order valence-electron chi connectivity index (χ4n) is 1.91. The van der Waals surface area contributed by atoms with E-state index in [0.717, 1.165) is 17.7 Å². The van der Waals surface area contributed by atoms with E-state index in [1.54, 1.807) is 20.0 Å². The smallest absolute Gasteiger partial charge is 0.388 e. The number of nitrogens with two attached hydrogens (primary N) is 1. The highest BCUT2D eigenvalue weighted by atomic mass is 19.4. The number of aryl methyl sites for hydroxylation is 1. The van der Waals surface area contributed by atoms with Crippen LogP contribution in [0.3, 0.4) is 0 Å². The molecule has 0 saturated carbocycles. The lowest BCUT2D eigenvalue weighted by atomic mass is 10.0. The summed E-state index contributed by atoms with van der Waals surface area (Å²) in [6, 6.07) is 5.07. The minimum atomic E-state index is -4.38. The van der Waals surface area contributed by atoms with Crippen molar-refractivity contribution in [3.05, 3.63) is 35.4 Å². The summed E-state index contributed by atoms with van der Waals surface area (Å²) in [5, 5.41) is 10.4. The van der Waals surface area contributed by atoms with Gasteiger partial charge in [0.15, 0.2) is 0 Å². The third-order valence-corrected chi connectivity index (χ3v) is 2.87. The Hall–Kier alpha value is -2.31. The normalized spacial score (nSPS) is 11.4. The fourth-order valence-corrected chi connectivity index (χ4v) is 1.91. The molecule has 7 heteroatoms. The van der Waals surface area contributed by atoms with E-state index < -0.39 is 11.7 Å². The molecule has 0 saturated heterocycles. The number of nitrogens with one attached hydrogen (secondary N) is 1. The maximum Gasteiger partial charge on any atom is 0.416 e. The first-order valence-corrected chi connectivity index (χ1v) is 5.82. The average Bonchev–Trinajstić information content (AvgIpc) is 2.37. The molecular formula is C13H13F3N4. The zero-order valence-corrected chi connectivity index (χ0v) is 10.9. The second-order valence-corrected chi connectivity index (χ2v) is 4.31. The molecule has 0 fully saturated rings. The van der Waals surface area contributed by atoms with Crippen LogP contribution in [0.15, 0.2) is 24.3 Å². The Kier molecular flexibility index (Phi) is 3.52. The van der Waals surface area contributed by atoms with Crippen molar-refractivity contribution in [1.82, 2.24) is 10.2 Å². The highest BCUT2D eigenvalue weighted by molar-refractivity contribution is 5.78. The molecule has 0 unspecified atom stereocenters. The van der Waals surface area contributed by atoms with Crippen molar-refractivity contribution >= 4 is 11.5 Å². The number of hydrogen-bond acceptors (Lipinski definition) is 4. The van der Waals surface area contributed by atoms with Gasteiger partial charge in [-0.05, 0) is 30.7 Å². The van der Waals surface area contributed by atoms with E-state index in [9.17, 15) is 13.2 Å². The van der Waals surface area contributed by atoms with Crippen molar-refractivity contribution in [3.63, 3.8) is 0 Å². The second kappa shape index (κ2) is 4.99. The van der Waals surface area contributed by atoms with E-state index in [2.05, 4.69) is 15.5 Å². The molecule has 3 N–H and O–H groups in total. The Morgan fingerprint density at radius 3 is 2.40 bits per heavy atom. The van der Waals surface area contributed by atoms with E-state index in [4.69, 9.17) is 5.73 Å². The molecule has 1 heterocycles. The Balaban J connectivity index is 2.57. The van der Waals surface area contributed by atoms with Crippen molar-refractivity contribution in [1.29, 1.82) is 0 Å². The second-order valence-electron chi connectivity index (χ2n) is 4.31. The summed E-state index contributed by atoms with van der Waals surface area (Å²) in [7, 11) is 1.55. The summed E-state index contributed by atoms with van der Waals surface area (Å²) in [5.74, 6) is 0.268. The first-order valence-electron chi connectivity index (χ1n) is 5.82. The van der Waals surface area contributed by atoms with Gasteiger partial charge >= 0.3 is 6.18 Å². The number of benzene rings is 1. The molecule has 106 valence electrons. The number of hydrogen-bond donors (Lipinski definition) is 2. The summed E-state index contributed by atoms with van der Waals surface area (Å²) in [4.78, 5) is 0. The van der Waals surface area contributed by atoms with E-state index >= 15 is 0 Å². The zero-order valence-electron chi connectivity index (χ0n) is 10.9. The zero-order chi connectivity index (χ0) is 14.9. The third kappa shape index (κ3) is 2.66. The standard InChI is InChI=1S/C13H13F3N4/c1-7-5-11(17)19-20-12(7)9-4-3-8(13(14,15)16)6-10(9)18-2/h3-6,18H,1-2H3,(H2,17,19). The lowest BCUT2D eigenvalue weighted by molar-refractivity contribution is -0.137. The SMILES string of the molecule is CNc1cc(C(F)(F)F)ccc1-c1nnc(N)cc1C. The van der Waals surface area contributed by atoms with Gasteiger partial charge in [0.05, 0.1) is 11.3 Å². The van der Waals surface area contributed by atoms with Crippen LogP contribution in [-0.2, 0) is 6.18 Å². The van der Waals surface area contributed by atoms with Crippen molar-refractivity contribution < 1.29 is 13.2 Å². The summed E-state index contributed by atoms with van der Waals surface area (Å²) in [5.41, 5.74) is 6.93. The van der Waals surface area contributed by atoms with Crippen LogP contribution in [0.1, 0.15) is 11.1 Å². The molecule has 0 atom stereocenters. The molecular weight excluding hydrogens is 269 g/mol. The molecule has 0 aliphatic heterocycles. The van der Waals surface area contributed by atoms with Gasteiger partial charge in [-0.2, -0.15) is 13.2 Å². The number of nitrogen functional groups attached to an aromatic ring is 1. The Labute approximate surface area is 113 Å². The van der Waals surface area contributed by atoms with E-state index in [1.165, 1.54) is 6.07 Å². The molecule has 1 aromatic carbocycles. The summed E-state index contributed by atoms with van der Waals surface area (Å²) in [6.45, 7) is 1.78. The summed E-state index contributed by atoms with van der Waals surface area (Å²) < 4.78 is 38.1. The molecule has 2 rings (SSSR count). The fraction of sp³-hybridized carbons (Fsp3) is 0.231. The number of aromatic nitrogens is 2. The van der Waals surface area contributed by atoms with E-state index in [0.29, 0.717) is 16.9 Å². The van der Waals surface area contributed by atoms with Crippen LogP contribution >= 0.6 is 0 Å². The van der Waals surface area contributed by atoms with Gasteiger partial charge in [-0.25, -0.2) is 0 Å². The molecule has 0 radical (unpaired) electrons. The van der Waals surface area contributed by atoms with Crippen molar-refractivity contribution in [3.8, 4) is 11.3 Å². The van der Waals surface area contributed by atoms with Gasteiger partial charge in [0, 0.05) is 18.3 Å². The molecule has 20 heavy (non-hydrogen) atoms. The van der Waals surface area contributed by atoms with Gasteiger partial charge in [-0.1, -0.05) is 6.07 Å². The average molecular weight is 282 g/mol. The number of nitrogens with zero attached hydrogens (tertiary/aromatic N) is 2. The summed E-state index contributed by atoms with van der Waals surface area (Å²) in [6.07, 6.45) is -4.38.